The van der Waals surface area contributed by atoms with Gasteiger partial charge in [-0.3, -0.25) is 9.97 Å². The number of hydrogen-bond acceptors (Lipinski definition) is 4. The average molecular weight is 222 g/mol. The van der Waals surface area contributed by atoms with Gasteiger partial charge in [-0.1, -0.05) is 6.07 Å². The number of rotatable bonds is 1. The third-order valence-electron chi connectivity index (χ3n) is 2.56. The summed E-state index contributed by atoms with van der Waals surface area (Å²) in [4.78, 5) is 12.7. The summed E-state index contributed by atoms with van der Waals surface area (Å²) in [6.45, 7) is 0. The molecule has 0 saturated heterocycles. The van der Waals surface area contributed by atoms with Gasteiger partial charge >= 0.3 is 0 Å². The number of nitrogens with two attached hydrogens (primary N) is 1. The second-order valence-corrected chi connectivity index (χ2v) is 3.71. The second-order valence-electron chi connectivity index (χ2n) is 3.71. The first-order valence-electron chi connectivity index (χ1n) is 5.26. The van der Waals surface area contributed by atoms with E-state index in [1.54, 1.807) is 18.6 Å². The average Bonchev–Trinajstić information content (AvgIpc) is 2.39. The molecule has 0 aliphatic heterocycles. The molecule has 0 radical (unpaired) electrons. The Morgan fingerprint density at radius 3 is 2.82 bits per heavy atom. The van der Waals surface area contributed by atoms with E-state index < -0.39 is 0 Å². The Hall–Kier alpha value is -2.49. The first-order valence-corrected chi connectivity index (χ1v) is 5.26. The molecular formula is C13H10N4. The molecule has 0 spiro atoms. The monoisotopic (exact) mass is 222 g/mol. The molecule has 82 valence electrons. The largest absolute Gasteiger partial charge is 0.384 e. The molecule has 3 rings (SSSR count). The fourth-order valence-electron chi connectivity index (χ4n) is 1.82. The van der Waals surface area contributed by atoms with E-state index in [1.165, 1.54) is 0 Å². The summed E-state index contributed by atoms with van der Waals surface area (Å²) < 4.78 is 0. The zero-order valence-corrected chi connectivity index (χ0v) is 9.04. The molecule has 0 amide bonds. The molecule has 0 fully saturated rings. The van der Waals surface area contributed by atoms with Crippen LogP contribution in [0.1, 0.15) is 0 Å². The van der Waals surface area contributed by atoms with E-state index in [-0.39, 0.29) is 0 Å². The van der Waals surface area contributed by atoms with Crippen molar-refractivity contribution in [2.75, 3.05) is 5.73 Å². The third-order valence-corrected chi connectivity index (χ3v) is 2.56. The molecule has 0 aliphatic carbocycles. The quantitative estimate of drug-likeness (QED) is 0.686. The maximum Gasteiger partial charge on any atom is 0.124 e. The summed E-state index contributed by atoms with van der Waals surface area (Å²) in [5.74, 6) is 0.478. The van der Waals surface area contributed by atoms with Crippen molar-refractivity contribution in [2.45, 2.75) is 0 Å². The number of hydrogen-bond donors (Lipinski definition) is 1. The van der Waals surface area contributed by atoms with Crippen LogP contribution in [0.4, 0.5) is 5.82 Å². The highest BCUT2D eigenvalue weighted by Crippen LogP contribution is 2.25. The molecule has 0 saturated carbocycles. The first-order chi connectivity index (χ1) is 8.34. The van der Waals surface area contributed by atoms with Crippen molar-refractivity contribution in [3.05, 3.63) is 48.9 Å². The van der Waals surface area contributed by atoms with Crippen LogP contribution in [0, 0.1) is 0 Å². The lowest BCUT2D eigenvalue weighted by atomic mass is 10.1. The van der Waals surface area contributed by atoms with Gasteiger partial charge in [0.15, 0.2) is 0 Å². The molecule has 0 aromatic carbocycles. The molecule has 3 aromatic heterocycles. The fraction of sp³-hybridized carbons (Fsp3) is 0. The minimum Gasteiger partial charge on any atom is -0.384 e. The highest BCUT2D eigenvalue weighted by atomic mass is 14.9. The predicted octanol–water partition coefficient (Wildman–Crippen LogP) is 2.27. The number of nitrogen functional groups attached to an aromatic ring is 1. The summed E-state index contributed by atoms with van der Waals surface area (Å²) in [5.41, 5.74) is 7.41. The van der Waals surface area contributed by atoms with Crippen LogP contribution in [-0.2, 0) is 0 Å². The molecule has 3 aromatic rings. The molecular weight excluding hydrogens is 212 g/mol. The van der Waals surface area contributed by atoms with Crippen molar-refractivity contribution in [1.29, 1.82) is 0 Å². The van der Waals surface area contributed by atoms with Crippen molar-refractivity contribution >= 4 is 16.6 Å². The Kier molecular flexibility index (Phi) is 2.19. The normalized spacial score (nSPS) is 10.6. The number of aromatic nitrogens is 3. The Morgan fingerprint density at radius 2 is 2.00 bits per heavy atom. The van der Waals surface area contributed by atoms with Gasteiger partial charge < -0.3 is 5.73 Å². The fourth-order valence-corrected chi connectivity index (χ4v) is 1.82. The van der Waals surface area contributed by atoms with Gasteiger partial charge in [0.25, 0.3) is 0 Å². The van der Waals surface area contributed by atoms with Crippen molar-refractivity contribution in [1.82, 2.24) is 15.0 Å². The van der Waals surface area contributed by atoms with Crippen LogP contribution in [0.3, 0.4) is 0 Å². The van der Waals surface area contributed by atoms with E-state index in [0.717, 1.165) is 22.2 Å². The van der Waals surface area contributed by atoms with E-state index in [0.29, 0.717) is 5.82 Å². The lowest BCUT2D eigenvalue weighted by molar-refractivity contribution is 1.26. The smallest absolute Gasteiger partial charge is 0.124 e. The number of pyridine rings is 3. The maximum atomic E-state index is 5.80. The Labute approximate surface area is 98.2 Å². The lowest BCUT2D eigenvalue weighted by Crippen LogP contribution is -1.95. The van der Waals surface area contributed by atoms with Crippen molar-refractivity contribution in [3.8, 4) is 11.4 Å². The topological polar surface area (TPSA) is 64.7 Å². The molecule has 0 aliphatic rings. The van der Waals surface area contributed by atoms with Crippen LogP contribution >= 0.6 is 0 Å². The Balaban J connectivity index is 2.36. The van der Waals surface area contributed by atoms with Gasteiger partial charge in [-0.05, 0) is 24.3 Å². The van der Waals surface area contributed by atoms with Crippen LogP contribution in [0.25, 0.3) is 22.2 Å². The number of fused-ring (bicyclic) bond motifs is 1. The van der Waals surface area contributed by atoms with Crippen LogP contribution < -0.4 is 5.73 Å². The third kappa shape index (κ3) is 1.69. The van der Waals surface area contributed by atoms with E-state index in [1.807, 2.05) is 30.3 Å². The van der Waals surface area contributed by atoms with Gasteiger partial charge in [0, 0.05) is 29.4 Å². The minimum absolute atomic E-state index is 0.478. The Morgan fingerprint density at radius 1 is 1.06 bits per heavy atom. The Bertz CT molecular complexity index is 665. The number of anilines is 1. The van der Waals surface area contributed by atoms with Crippen LogP contribution in [0.5, 0.6) is 0 Å². The van der Waals surface area contributed by atoms with Crippen molar-refractivity contribution < 1.29 is 0 Å². The van der Waals surface area contributed by atoms with Gasteiger partial charge in [0.2, 0.25) is 0 Å². The molecule has 17 heavy (non-hydrogen) atoms. The van der Waals surface area contributed by atoms with Crippen molar-refractivity contribution in [3.63, 3.8) is 0 Å². The molecule has 0 unspecified atom stereocenters. The predicted molar refractivity (Wildman–Crippen MR) is 67.2 cm³/mol. The highest BCUT2D eigenvalue weighted by Gasteiger charge is 2.07. The molecule has 3 heterocycles. The van der Waals surface area contributed by atoms with E-state index in [2.05, 4.69) is 15.0 Å². The molecule has 4 nitrogen and oxygen atoms in total. The molecule has 0 bridgehead atoms. The summed E-state index contributed by atoms with van der Waals surface area (Å²) >= 11 is 0. The van der Waals surface area contributed by atoms with E-state index >= 15 is 0 Å². The van der Waals surface area contributed by atoms with Crippen LogP contribution in [0.15, 0.2) is 48.9 Å². The van der Waals surface area contributed by atoms with Gasteiger partial charge in [0.1, 0.15) is 5.82 Å². The maximum absolute atomic E-state index is 5.80. The molecule has 0 atom stereocenters. The van der Waals surface area contributed by atoms with E-state index in [4.69, 9.17) is 5.73 Å². The minimum atomic E-state index is 0.478. The second kappa shape index (κ2) is 3.83. The SMILES string of the molecule is Nc1cc2cnccc2c(-c2ccccn2)n1. The zero-order valence-electron chi connectivity index (χ0n) is 9.04. The summed E-state index contributed by atoms with van der Waals surface area (Å²) in [6, 6.07) is 9.46. The van der Waals surface area contributed by atoms with Gasteiger partial charge in [-0.15, -0.1) is 0 Å². The zero-order chi connectivity index (χ0) is 11.7. The molecule has 2 N–H and O–H groups in total. The van der Waals surface area contributed by atoms with Crippen molar-refractivity contribution in [2.24, 2.45) is 0 Å². The number of nitrogens with zero attached hydrogens (tertiary/aromatic N) is 3. The summed E-state index contributed by atoms with van der Waals surface area (Å²) in [7, 11) is 0. The molecule has 4 heteroatoms. The van der Waals surface area contributed by atoms with Crippen LogP contribution in [-0.4, -0.2) is 15.0 Å². The van der Waals surface area contributed by atoms with Crippen LogP contribution in [0.2, 0.25) is 0 Å². The summed E-state index contributed by atoms with van der Waals surface area (Å²) in [5, 5.41) is 1.98. The van der Waals surface area contributed by atoms with E-state index in [9.17, 15) is 0 Å². The summed E-state index contributed by atoms with van der Waals surface area (Å²) in [6.07, 6.45) is 5.26. The van der Waals surface area contributed by atoms with Gasteiger partial charge in [0.05, 0.1) is 11.4 Å². The van der Waals surface area contributed by atoms with Gasteiger partial charge in [-0.25, -0.2) is 4.98 Å². The first kappa shape index (κ1) is 9.72. The van der Waals surface area contributed by atoms with Gasteiger partial charge in [-0.2, -0.15) is 0 Å². The highest BCUT2D eigenvalue weighted by molar-refractivity contribution is 5.94. The lowest BCUT2D eigenvalue weighted by Gasteiger charge is -2.05. The standard InChI is InChI=1S/C13H10N4/c14-12-7-9-8-15-6-4-10(9)13(17-12)11-3-1-2-5-16-11/h1-8H,(H2,14,17).